The maximum absolute atomic E-state index is 12.5. The molecule has 0 aromatic heterocycles. The second kappa shape index (κ2) is 5.72. The van der Waals surface area contributed by atoms with Gasteiger partial charge in [0.05, 0.1) is 0 Å². The summed E-state index contributed by atoms with van der Waals surface area (Å²) >= 11 is 3.47. The van der Waals surface area contributed by atoms with Gasteiger partial charge in [-0.1, -0.05) is 48.4 Å². The fourth-order valence-corrected chi connectivity index (χ4v) is 2.74. The van der Waals surface area contributed by atoms with Crippen LogP contribution in [-0.4, -0.2) is 23.9 Å². The Morgan fingerprint density at radius 2 is 2.00 bits per heavy atom. The normalized spacial score (nSPS) is 16.1. The molecule has 1 amide bonds. The van der Waals surface area contributed by atoms with Crippen molar-refractivity contribution in [1.29, 1.82) is 0 Å². The van der Waals surface area contributed by atoms with Crippen LogP contribution in [0.3, 0.4) is 0 Å². The average molecular weight is 336 g/mol. The summed E-state index contributed by atoms with van der Waals surface area (Å²) in [6.07, 6.45) is 3.19. The molecule has 0 unspecified atom stereocenters. The molecule has 1 heterocycles. The van der Waals surface area contributed by atoms with Crippen LogP contribution in [0, 0.1) is 12.3 Å². The van der Waals surface area contributed by atoms with Gasteiger partial charge in [0.15, 0.2) is 0 Å². The molecule has 1 aliphatic heterocycles. The van der Waals surface area contributed by atoms with Crippen molar-refractivity contribution in [2.24, 2.45) is 5.41 Å². The number of benzene rings is 1. The zero-order valence-corrected chi connectivity index (χ0v) is 14.3. The summed E-state index contributed by atoms with van der Waals surface area (Å²) in [4.78, 5) is 14.4. The van der Waals surface area contributed by atoms with Crippen LogP contribution in [0.15, 0.2) is 34.3 Å². The van der Waals surface area contributed by atoms with E-state index in [1.54, 1.807) is 0 Å². The van der Waals surface area contributed by atoms with Crippen LogP contribution in [0.2, 0.25) is 0 Å². The van der Waals surface area contributed by atoms with Gasteiger partial charge in [-0.05, 0) is 42.5 Å². The quantitative estimate of drug-likeness (QED) is 0.688. The first-order valence-corrected chi connectivity index (χ1v) is 7.83. The minimum atomic E-state index is 0.129. The van der Waals surface area contributed by atoms with E-state index >= 15 is 0 Å². The zero-order valence-electron chi connectivity index (χ0n) is 12.7. The first-order chi connectivity index (χ1) is 9.29. The summed E-state index contributed by atoms with van der Waals surface area (Å²) in [7, 11) is 0. The zero-order chi connectivity index (χ0) is 14.9. The molecule has 0 radical (unpaired) electrons. The lowest BCUT2D eigenvalue weighted by atomic mass is 9.83. The first kappa shape index (κ1) is 15.3. The van der Waals surface area contributed by atoms with Gasteiger partial charge in [0, 0.05) is 23.1 Å². The highest BCUT2D eigenvalue weighted by molar-refractivity contribution is 9.10. The summed E-state index contributed by atoms with van der Waals surface area (Å²) in [6.45, 7) is 10.2. The van der Waals surface area contributed by atoms with Crippen molar-refractivity contribution >= 4 is 21.8 Å². The van der Waals surface area contributed by atoms with Gasteiger partial charge in [-0.2, -0.15) is 0 Å². The van der Waals surface area contributed by atoms with Gasteiger partial charge in [0.25, 0.3) is 5.91 Å². The molecule has 1 aromatic rings. The van der Waals surface area contributed by atoms with Crippen LogP contribution in [-0.2, 0) is 0 Å². The number of carbonyl (C=O) groups excluding carboxylic acids is 1. The number of halogens is 1. The van der Waals surface area contributed by atoms with Gasteiger partial charge in [-0.3, -0.25) is 4.79 Å². The Labute approximate surface area is 130 Å². The smallest absolute Gasteiger partial charge is 0.254 e. The van der Waals surface area contributed by atoms with E-state index in [-0.39, 0.29) is 11.3 Å². The molecule has 3 heteroatoms. The van der Waals surface area contributed by atoms with Crippen molar-refractivity contribution in [3.05, 3.63) is 45.4 Å². The highest BCUT2D eigenvalue weighted by atomic mass is 79.9. The predicted octanol–water partition coefficient (Wildman–Crippen LogP) is 4.58. The Hall–Kier alpha value is -1.09. The summed E-state index contributed by atoms with van der Waals surface area (Å²) in [5.41, 5.74) is 3.54. The third kappa shape index (κ3) is 3.32. The maximum Gasteiger partial charge on any atom is 0.254 e. The van der Waals surface area contributed by atoms with Crippen molar-refractivity contribution in [1.82, 2.24) is 4.90 Å². The third-order valence-electron chi connectivity index (χ3n) is 3.86. The Kier molecular flexibility index (Phi) is 4.38. The van der Waals surface area contributed by atoms with Gasteiger partial charge in [0.2, 0.25) is 0 Å². The SMILES string of the molecule is Cc1cc(C(=O)N2CC=C(C(C)(C)C)CC2)ccc1Br. The number of hydrogen-bond acceptors (Lipinski definition) is 1. The summed E-state index contributed by atoms with van der Waals surface area (Å²) in [6, 6.07) is 5.79. The number of amides is 1. The second-order valence-electron chi connectivity index (χ2n) is 6.44. The van der Waals surface area contributed by atoms with Crippen molar-refractivity contribution in [3.63, 3.8) is 0 Å². The molecule has 0 N–H and O–H groups in total. The second-order valence-corrected chi connectivity index (χ2v) is 7.30. The third-order valence-corrected chi connectivity index (χ3v) is 4.75. The van der Waals surface area contributed by atoms with Crippen molar-refractivity contribution < 1.29 is 4.79 Å². The monoisotopic (exact) mass is 335 g/mol. The summed E-state index contributed by atoms with van der Waals surface area (Å²) in [5, 5.41) is 0. The maximum atomic E-state index is 12.5. The number of carbonyl (C=O) groups is 1. The fraction of sp³-hybridized carbons (Fsp3) is 0.471. The Morgan fingerprint density at radius 1 is 1.30 bits per heavy atom. The topological polar surface area (TPSA) is 20.3 Å². The van der Waals surface area contributed by atoms with Crippen LogP contribution in [0.5, 0.6) is 0 Å². The fourth-order valence-electron chi connectivity index (χ4n) is 2.50. The molecule has 108 valence electrons. The van der Waals surface area contributed by atoms with E-state index in [2.05, 4.69) is 42.8 Å². The number of hydrogen-bond donors (Lipinski definition) is 0. The molecule has 1 aromatic carbocycles. The number of nitrogens with zero attached hydrogens (tertiary/aromatic N) is 1. The molecule has 0 saturated heterocycles. The van der Waals surface area contributed by atoms with E-state index < -0.39 is 0 Å². The Balaban J connectivity index is 2.12. The van der Waals surface area contributed by atoms with Gasteiger partial charge in [-0.15, -0.1) is 0 Å². The Bertz CT molecular complexity index is 555. The van der Waals surface area contributed by atoms with Crippen LogP contribution < -0.4 is 0 Å². The van der Waals surface area contributed by atoms with Crippen molar-refractivity contribution in [3.8, 4) is 0 Å². The van der Waals surface area contributed by atoms with Crippen LogP contribution >= 0.6 is 15.9 Å². The van der Waals surface area contributed by atoms with Gasteiger partial charge < -0.3 is 4.90 Å². The molecule has 1 aliphatic rings. The molecular weight excluding hydrogens is 314 g/mol. The first-order valence-electron chi connectivity index (χ1n) is 7.04. The molecule has 20 heavy (non-hydrogen) atoms. The van der Waals surface area contributed by atoms with E-state index in [1.165, 1.54) is 5.57 Å². The van der Waals surface area contributed by atoms with E-state index in [0.717, 1.165) is 35.1 Å². The van der Waals surface area contributed by atoms with Crippen molar-refractivity contribution in [2.75, 3.05) is 13.1 Å². The van der Waals surface area contributed by atoms with E-state index in [4.69, 9.17) is 0 Å². The van der Waals surface area contributed by atoms with Crippen molar-refractivity contribution in [2.45, 2.75) is 34.1 Å². The molecule has 0 saturated carbocycles. The largest absolute Gasteiger partial charge is 0.335 e. The molecular formula is C17H22BrNO. The van der Waals surface area contributed by atoms with Crippen LogP contribution in [0.4, 0.5) is 0 Å². The molecule has 0 spiro atoms. The molecule has 0 atom stereocenters. The predicted molar refractivity (Wildman–Crippen MR) is 86.9 cm³/mol. The summed E-state index contributed by atoms with van der Waals surface area (Å²) < 4.78 is 1.04. The lowest BCUT2D eigenvalue weighted by Gasteiger charge is -2.32. The van der Waals surface area contributed by atoms with E-state index in [9.17, 15) is 4.79 Å². The van der Waals surface area contributed by atoms with Crippen LogP contribution in [0.25, 0.3) is 0 Å². The molecule has 0 fully saturated rings. The van der Waals surface area contributed by atoms with Gasteiger partial charge in [-0.25, -0.2) is 0 Å². The van der Waals surface area contributed by atoms with E-state index in [1.807, 2.05) is 30.0 Å². The number of rotatable bonds is 1. The Morgan fingerprint density at radius 3 is 2.50 bits per heavy atom. The lowest BCUT2D eigenvalue weighted by molar-refractivity contribution is 0.0765. The molecule has 2 rings (SSSR count). The standard InChI is InChI=1S/C17H22BrNO/c1-12-11-13(5-6-15(12)18)16(20)19-9-7-14(8-10-19)17(2,3)4/h5-7,11H,8-10H2,1-4H3. The average Bonchev–Trinajstić information content (AvgIpc) is 2.40. The van der Waals surface area contributed by atoms with Gasteiger partial charge >= 0.3 is 0 Å². The molecule has 0 aliphatic carbocycles. The van der Waals surface area contributed by atoms with Gasteiger partial charge in [0.1, 0.15) is 0 Å². The molecule has 0 bridgehead atoms. The number of aryl methyl sites for hydroxylation is 1. The van der Waals surface area contributed by atoms with Crippen LogP contribution in [0.1, 0.15) is 43.1 Å². The molecule has 2 nitrogen and oxygen atoms in total. The lowest BCUT2D eigenvalue weighted by Crippen LogP contribution is -2.36. The minimum Gasteiger partial charge on any atom is -0.335 e. The summed E-state index contributed by atoms with van der Waals surface area (Å²) in [5.74, 6) is 0.129. The minimum absolute atomic E-state index is 0.129. The van der Waals surface area contributed by atoms with E-state index in [0.29, 0.717) is 0 Å². The highest BCUT2D eigenvalue weighted by Gasteiger charge is 2.24. The highest BCUT2D eigenvalue weighted by Crippen LogP contribution is 2.30.